The van der Waals surface area contributed by atoms with Crippen molar-refractivity contribution in [3.05, 3.63) is 70.3 Å². The van der Waals surface area contributed by atoms with Crippen molar-refractivity contribution in [3.63, 3.8) is 0 Å². The summed E-state index contributed by atoms with van der Waals surface area (Å²) in [6.07, 6.45) is -1.71. The number of aldehydes is 1. The van der Waals surface area contributed by atoms with E-state index < -0.39 is 17.3 Å². The van der Waals surface area contributed by atoms with Crippen LogP contribution in [-0.4, -0.2) is 46.7 Å². The number of nitrogens with zero attached hydrogens (tertiary/aromatic N) is 2. The molecule has 0 bridgehead atoms. The summed E-state index contributed by atoms with van der Waals surface area (Å²) in [7, 11) is 0. The number of rotatable bonds is 6. The Bertz CT molecular complexity index is 1090. The van der Waals surface area contributed by atoms with Crippen molar-refractivity contribution in [2.45, 2.75) is 37.9 Å². The molecule has 1 spiro atoms. The van der Waals surface area contributed by atoms with Crippen molar-refractivity contribution in [2.24, 2.45) is 4.99 Å². The standard InChI is InChI=1S/C24H24F3N3O2S/c1-16-13-17(15-31)5-6-18(16)7-12-33-30-10-8-23(9-11-30)22(32)28-21(29-23)19-3-2-4-20(14-19)24(25,26)27/h2-6,13-15H,7-12H2,1H3,(H,28,29,32). The van der Waals surface area contributed by atoms with Crippen LogP contribution in [0.25, 0.3) is 0 Å². The molecule has 0 atom stereocenters. The molecule has 33 heavy (non-hydrogen) atoms. The minimum absolute atomic E-state index is 0.210. The quantitative estimate of drug-likeness (QED) is 0.496. The first-order valence-electron chi connectivity index (χ1n) is 10.7. The second-order valence-electron chi connectivity index (χ2n) is 8.34. The Balaban J connectivity index is 1.35. The lowest BCUT2D eigenvalue weighted by molar-refractivity contribution is -0.137. The van der Waals surface area contributed by atoms with Gasteiger partial charge >= 0.3 is 6.18 Å². The van der Waals surface area contributed by atoms with Gasteiger partial charge in [0.25, 0.3) is 5.91 Å². The first-order chi connectivity index (χ1) is 15.7. The van der Waals surface area contributed by atoms with Crippen LogP contribution in [0, 0.1) is 6.92 Å². The number of halogens is 3. The highest BCUT2D eigenvalue weighted by Gasteiger charge is 2.46. The smallest absolute Gasteiger partial charge is 0.308 e. The summed E-state index contributed by atoms with van der Waals surface area (Å²) in [6.45, 7) is 3.33. The molecule has 0 aliphatic carbocycles. The summed E-state index contributed by atoms with van der Waals surface area (Å²) in [4.78, 5) is 28.2. The maximum atomic E-state index is 13.0. The summed E-state index contributed by atoms with van der Waals surface area (Å²) < 4.78 is 41.3. The van der Waals surface area contributed by atoms with Crippen LogP contribution in [0.1, 0.15) is 45.5 Å². The van der Waals surface area contributed by atoms with Crippen LogP contribution in [0.15, 0.2) is 47.5 Å². The molecule has 1 N–H and O–H groups in total. The molecule has 2 heterocycles. The lowest BCUT2D eigenvalue weighted by atomic mass is 9.89. The normalized spacial score (nSPS) is 18.3. The molecule has 1 fully saturated rings. The van der Waals surface area contributed by atoms with Gasteiger partial charge in [0, 0.05) is 30.0 Å². The predicted molar refractivity (Wildman–Crippen MR) is 122 cm³/mol. The fourth-order valence-electron chi connectivity index (χ4n) is 4.18. The van der Waals surface area contributed by atoms with Gasteiger partial charge in [-0.05, 0) is 55.5 Å². The number of nitrogens with one attached hydrogen (secondary N) is 1. The molecule has 0 unspecified atom stereocenters. The molecule has 1 saturated heterocycles. The van der Waals surface area contributed by atoms with Gasteiger partial charge in [-0.2, -0.15) is 13.2 Å². The van der Waals surface area contributed by atoms with Gasteiger partial charge in [-0.15, -0.1) is 0 Å². The van der Waals surface area contributed by atoms with E-state index in [2.05, 4.69) is 14.6 Å². The van der Waals surface area contributed by atoms with Crippen LogP contribution >= 0.6 is 11.9 Å². The van der Waals surface area contributed by atoms with Crippen LogP contribution in [0.2, 0.25) is 0 Å². The molecule has 4 rings (SSSR count). The average Bonchev–Trinajstić information content (AvgIpc) is 3.11. The van der Waals surface area contributed by atoms with E-state index in [-0.39, 0.29) is 17.3 Å². The van der Waals surface area contributed by atoms with E-state index in [0.29, 0.717) is 31.5 Å². The van der Waals surface area contributed by atoms with Crippen LogP contribution in [0.5, 0.6) is 0 Å². The molecule has 174 valence electrons. The molecule has 9 heteroatoms. The third-order valence-corrected chi connectivity index (χ3v) is 7.26. The SMILES string of the molecule is Cc1cc(C=O)ccc1CCSN1CCC2(CC1)N=C(c1cccc(C(F)(F)F)c1)NC2=O. The highest BCUT2D eigenvalue weighted by Crippen LogP contribution is 2.34. The van der Waals surface area contributed by atoms with Crippen molar-refractivity contribution >= 4 is 30.0 Å². The zero-order valence-corrected chi connectivity index (χ0v) is 18.9. The van der Waals surface area contributed by atoms with E-state index in [1.54, 1.807) is 11.9 Å². The number of carbonyl (C=O) groups is 2. The Morgan fingerprint density at radius 3 is 2.61 bits per heavy atom. The van der Waals surface area contributed by atoms with E-state index in [1.165, 1.54) is 17.7 Å². The maximum Gasteiger partial charge on any atom is 0.416 e. The number of aliphatic imine (C=N–C) groups is 1. The number of aryl methyl sites for hydroxylation is 2. The number of amides is 1. The van der Waals surface area contributed by atoms with Gasteiger partial charge in [0.1, 0.15) is 17.7 Å². The van der Waals surface area contributed by atoms with Crippen molar-refractivity contribution in [1.29, 1.82) is 0 Å². The average molecular weight is 476 g/mol. The summed E-state index contributed by atoms with van der Waals surface area (Å²) in [5.41, 5.74) is 1.55. The van der Waals surface area contributed by atoms with Crippen molar-refractivity contribution in [1.82, 2.24) is 9.62 Å². The monoisotopic (exact) mass is 475 g/mol. The molecule has 2 aromatic rings. The maximum absolute atomic E-state index is 13.0. The summed E-state index contributed by atoms with van der Waals surface area (Å²) in [6, 6.07) is 10.6. The number of alkyl halides is 3. The van der Waals surface area contributed by atoms with E-state index in [0.717, 1.165) is 36.2 Å². The van der Waals surface area contributed by atoms with Gasteiger partial charge in [0.2, 0.25) is 0 Å². The molecule has 2 aliphatic heterocycles. The van der Waals surface area contributed by atoms with Gasteiger partial charge < -0.3 is 5.32 Å². The first-order valence-corrected chi connectivity index (χ1v) is 11.7. The molecular weight excluding hydrogens is 451 g/mol. The molecule has 0 saturated carbocycles. The predicted octanol–water partition coefficient (Wildman–Crippen LogP) is 4.43. The molecule has 0 aromatic heterocycles. The van der Waals surface area contributed by atoms with Crippen LogP contribution < -0.4 is 5.32 Å². The minimum Gasteiger partial charge on any atom is -0.308 e. The molecule has 5 nitrogen and oxygen atoms in total. The lowest BCUT2D eigenvalue weighted by Crippen LogP contribution is -2.47. The van der Waals surface area contributed by atoms with E-state index >= 15 is 0 Å². The Labute approximate surface area is 194 Å². The summed E-state index contributed by atoms with van der Waals surface area (Å²) in [5.74, 6) is 0.839. The minimum atomic E-state index is -4.45. The number of amidine groups is 1. The number of benzene rings is 2. The van der Waals surface area contributed by atoms with Crippen LogP contribution in [0.4, 0.5) is 13.2 Å². The lowest BCUT2D eigenvalue weighted by Gasteiger charge is -2.34. The molecule has 2 aromatic carbocycles. The van der Waals surface area contributed by atoms with Gasteiger partial charge in [-0.3, -0.25) is 18.9 Å². The number of hydrogen-bond acceptors (Lipinski definition) is 5. The van der Waals surface area contributed by atoms with Crippen molar-refractivity contribution < 1.29 is 22.8 Å². The fraction of sp³-hybridized carbons (Fsp3) is 0.375. The van der Waals surface area contributed by atoms with Crippen LogP contribution in [0.3, 0.4) is 0 Å². The third-order valence-electron chi connectivity index (χ3n) is 6.14. The highest BCUT2D eigenvalue weighted by atomic mass is 32.2. The Kier molecular flexibility index (Phi) is 6.63. The number of piperidine rings is 1. The summed E-state index contributed by atoms with van der Waals surface area (Å²) in [5, 5.41) is 2.70. The first kappa shape index (κ1) is 23.5. The zero-order chi connectivity index (χ0) is 23.6. The van der Waals surface area contributed by atoms with E-state index in [1.807, 2.05) is 25.1 Å². The van der Waals surface area contributed by atoms with Crippen LogP contribution in [-0.2, 0) is 17.4 Å². The Morgan fingerprint density at radius 1 is 1.18 bits per heavy atom. The Hall–Kier alpha value is -2.65. The largest absolute Gasteiger partial charge is 0.416 e. The van der Waals surface area contributed by atoms with Gasteiger partial charge in [-0.25, -0.2) is 0 Å². The Morgan fingerprint density at radius 2 is 1.94 bits per heavy atom. The molecule has 1 amide bonds. The van der Waals surface area contributed by atoms with Gasteiger partial charge in [0.15, 0.2) is 0 Å². The second kappa shape index (κ2) is 9.30. The van der Waals surface area contributed by atoms with Crippen molar-refractivity contribution in [2.75, 3.05) is 18.8 Å². The fourth-order valence-corrected chi connectivity index (χ4v) is 5.19. The summed E-state index contributed by atoms with van der Waals surface area (Å²) >= 11 is 1.71. The van der Waals surface area contributed by atoms with Gasteiger partial charge in [-0.1, -0.05) is 36.2 Å². The highest BCUT2D eigenvalue weighted by molar-refractivity contribution is 7.97. The third kappa shape index (κ3) is 5.14. The second-order valence-corrected chi connectivity index (χ2v) is 9.52. The van der Waals surface area contributed by atoms with E-state index in [9.17, 15) is 22.8 Å². The van der Waals surface area contributed by atoms with E-state index in [4.69, 9.17) is 0 Å². The topological polar surface area (TPSA) is 61.8 Å². The van der Waals surface area contributed by atoms with Crippen molar-refractivity contribution in [3.8, 4) is 0 Å². The molecule has 2 aliphatic rings. The van der Waals surface area contributed by atoms with Gasteiger partial charge in [0.05, 0.1) is 5.56 Å². The zero-order valence-electron chi connectivity index (χ0n) is 18.1. The molecular formula is C24H24F3N3O2S. The number of carbonyl (C=O) groups excluding carboxylic acids is 2. The molecule has 0 radical (unpaired) electrons. The number of hydrogen-bond donors (Lipinski definition) is 1.